The van der Waals surface area contributed by atoms with E-state index in [0.717, 1.165) is 16.4 Å². The molecule has 110 valence electrons. The highest BCUT2D eigenvalue weighted by atomic mass is 32.2. The van der Waals surface area contributed by atoms with Gasteiger partial charge in [0, 0.05) is 18.7 Å². The summed E-state index contributed by atoms with van der Waals surface area (Å²) in [6, 6.07) is 1.83. The lowest BCUT2D eigenvalue weighted by Gasteiger charge is -2.22. The van der Waals surface area contributed by atoms with Crippen LogP contribution in [0.2, 0.25) is 0 Å². The number of sulfonamides is 1. The predicted octanol–water partition coefficient (Wildman–Crippen LogP) is 0.879. The van der Waals surface area contributed by atoms with E-state index in [1.54, 1.807) is 0 Å². The molecule has 0 saturated carbocycles. The van der Waals surface area contributed by atoms with Gasteiger partial charge in [-0.15, -0.1) is 0 Å². The summed E-state index contributed by atoms with van der Waals surface area (Å²) in [4.78, 5) is 9.11. The Bertz CT molecular complexity index is 634. The summed E-state index contributed by atoms with van der Waals surface area (Å²) in [5.74, 6) is -1.16. The number of non-ortho nitro benzene ring substituents is 1. The van der Waals surface area contributed by atoms with E-state index in [-0.39, 0.29) is 13.2 Å². The third-order valence-electron chi connectivity index (χ3n) is 3.25. The van der Waals surface area contributed by atoms with Crippen LogP contribution in [0.15, 0.2) is 23.1 Å². The summed E-state index contributed by atoms with van der Waals surface area (Å²) < 4.78 is 39.5. The Morgan fingerprint density at radius 1 is 1.50 bits per heavy atom. The van der Waals surface area contributed by atoms with E-state index in [1.807, 2.05) is 0 Å². The Kier molecular flexibility index (Phi) is 4.02. The normalized spacial score (nSPS) is 20.2. The van der Waals surface area contributed by atoms with Gasteiger partial charge in [0.15, 0.2) is 0 Å². The Labute approximate surface area is 114 Å². The molecule has 1 atom stereocenters. The minimum absolute atomic E-state index is 0.198. The molecule has 1 aromatic carbocycles. The molecule has 1 saturated heterocycles. The van der Waals surface area contributed by atoms with Crippen LogP contribution in [0.25, 0.3) is 0 Å². The van der Waals surface area contributed by atoms with Crippen LogP contribution < -0.4 is 0 Å². The minimum Gasteiger partial charge on any atom is -0.395 e. The molecule has 0 amide bonds. The highest BCUT2D eigenvalue weighted by Crippen LogP contribution is 2.28. The summed E-state index contributed by atoms with van der Waals surface area (Å²) in [6.07, 6.45) is 1.09. The Hall–Kier alpha value is -1.58. The second-order valence-corrected chi connectivity index (χ2v) is 6.33. The molecule has 1 aliphatic heterocycles. The fourth-order valence-electron chi connectivity index (χ4n) is 2.25. The SMILES string of the molecule is O=[N+]([O-])c1ccc(S(=O)(=O)N2CCCC2CO)c(F)c1. The predicted molar refractivity (Wildman–Crippen MR) is 67.1 cm³/mol. The molecule has 1 heterocycles. The van der Waals surface area contributed by atoms with Crippen molar-refractivity contribution in [2.45, 2.75) is 23.8 Å². The summed E-state index contributed by atoms with van der Waals surface area (Å²) in [6.45, 7) is -0.141. The molecule has 2 rings (SSSR count). The molecule has 0 spiro atoms. The number of benzene rings is 1. The maximum atomic E-state index is 13.8. The third-order valence-corrected chi connectivity index (χ3v) is 5.23. The van der Waals surface area contributed by atoms with Gasteiger partial charge in [-0.05, 0) is 18.9 Å². The van der Waals surface area contributed by atoms with Crippen molar-refractivity contribution in [2.75, 3.05) is 13.2 Å². The van der Waals surface area contributed by atoms with Gasteiger partial charge in [0.1, 0.15) is 10.7 Å². The van der Waals surface area contributed by atoms with E-state index < -0.39 is 37.4 Å². The number of halogens is 1. The van der Waals surface area contributed by atoms with Gasteiger partial charge in [0.25, 0.3) is 5.69 Å². The van der Waals surface area contributed by atoms with Gasteiger partial charge in [0.05, 0.1) is 17.6 Å². The van der Waals surface area contributed by atoms with Crippen LogP contribution in [0.5, 0.6) is 0 Å². The molecule has 1 fully saturated rings. The summed E-state index contributed by atoms with van der Waals surface area (Å²) in [5, 5.41) is 19.7. The van der Waals surface area contributed by atoms with Crippen molar-refractivity contribution in [1.29, 1.82) is 0 Å². The standard InChI is InChI=1S/C11H13FN2O5S/c12-10-6-8(14(16)17)3-4-11(10)20(18,19)13-5-1-2-9(13)7-15/h3-4,6,9,15H,1-2,5,7H2. The fourth-order valence-corrected chi connectivity index (χ4v) is 3.98. The van der Waals surface area contributed by atoms with Gasteiger partial charge in [0.2, 0.25) is 10.0 Å². The molecule has 7 nitrogen and oxygen atoms in total. The zero-order valence-corrected chi connectivity index (χ0v) is 11.2. The molecule has 0 bridgehead atoms. The maximum Gasteiger partial charge on any atom is 0.272 e. The van der Waals surface area contributed by atoms with Crippen LogP contribution >= 0.6 is 0 Å². The lowest BCUT2D eigenvalue weighted by molar-refractivity contribution is -0.385. The third kappa shape index (κ3) is 2.51. The zero-order valence-electron chi connectivity index (χ0n) is 10.4. The number of nitro benzene ring substituents is 1. The van der Waals surface area contributed by atoms with E-state index in [9.17, 15) is 22.9 Å². The minimum atomic E-state index is -4.10. The molecule has 9 heteroatoms. The second-order valence-electron chi connectivity index (χ2n) is 4.47. The lowest BCUT2D eigenvalue weighted by atomic mass is 10.2. The molecule has 1 aliphatic rings. The molecule has 20 heavy (non-hydrogen) atoms. The van der Waals surface area contributed by atoms with Crippen LogP contribution in [0.3, 0.4) is 0 Å². The van der Waals surface area contributed by atoms with Gasteiger partial charge >= 0.3 is 0 Å². The van der Waals surface area contributed by atoms with Crippen molar-refractivity contribution in [1.82, 2.24) is 4.31 Å². The summed E-state index contributed by atoms with van der Waals surface area (Å²) >= 11 is 0. The molecule has 1 unspecified atom stereocenters. The van der Waals surface area contributed by atoms with Gasteiger partial charge in [-0.1, -0.05) is 0 Å². The average molecular weight is 304 g/mol. The van der Waals surface area contributed by atoms with Crippen LogP contribution in [-0.2, 0) is 10.0 Å². The zero-order chi connectivity index (χ0) is 14.9. The van der Waals surface area contributed by atoms with Crippen molar-refractivity contribution in [3.05, 3.63) is 34.1 Å². The van der Waals surface area contributed by atoms with Gasteiger partial charge in [-0.25, -0.2) is 12.8 Å². The van der Waals surface area contributed by atoms with Crippen LogP contribution in [0.4, 0.5) is 10.1 Å². The van der Waals surface area contributed by atoms with Crippen LogP contribution in [0.1, 0.15) is 12.8 Å². The van der Waals surface area contributed by atoms with E-state index in [0.29, 0.717) is 18.9 Å². The molecule has 0 radical (unpaired) electrons. The van der Waals surface area contributed by atoms with Crippen molar-refractivity contribution in [2.24, 2.45) is 0 Å². The first-order chi connectivity index (χ1) is 9.37. The van der Waals surface area contributed by atoms with Gasteiger partial charge in [-0.2, -0.15) is 4.31 Å². The van der Waals surface area contributed by atoms with E-state index in [1.165, 1.54) is 0 Å². The molecule has 0 aromatic heterocycles. The fraction of sp³-hybridized carbons (Fsp3) is 0.455. The number of hydrogen-bond acceptors (Lipinski definition) is 5. The highest BCUT2D eigenvalue weighted by molar-refractivity contribution is 7.89. The Morgan fingerprint density at radius 2 is 2.20 bits per heavy atom. The average Bonchev–Trinajstić information content (AvgIpc) is 2.87. The van der Waals surface area contributed by atoms with Crippen LogP contribution in [-0.4, -0.2) is 41.9 Å². The van der Waals surface area contributed by atoms with Crippen LogP contribution in [0, 0.1) is 15.9 Å². The van der Waals surface area contributed by atoms with E-state index >= 15 is 0 Å². The van der Waals surface area contributed by atoms with Gasteiger partial charge < -0.3 is 5.11 Å². The number of hydrogen-bond donors (Lipinski definition) is 1. The van der Waals surface area contributed by atoms with E-state index in [4.69, 9.17) is 5.11 Å². The number of nitro groups is 1. The highest BCUT2D eigenvalue weighted by Gasteiger charge is 2.36. The number of nitrogens with zero attached hydrogens (tertiary/aromatic N) is 2. The maximum absolute atomic E-state index is 13.8. The topological polar surface area (TPSA) is 101 Å². The van der Waals surface area contributed by atoms with Gasteiger partial charge in [-0.3, -0.25) is 10.1 Å². The Balaban J connectivity index is 2.42. The molecule has 1 aromatic rings. The molecular weight excluding hydrogens is 291 g/mol. The largest absolute Gasteiger partial charge is 0.395 e. The monoisotopic (exact) mass is 304 g/mol. The summed E-state index contributed by atoms with van der Waals surface area (Å²) in [5.41, 5.74) is -0.512. The summed E-state index contributed by atoms with van der Waals surface area (Å²) in [7, 11) is -4.10. The first-order valence-corrected chi connectivity index (χ1v) is 7.38. The quantitative estimate of drug-likeness (QED) is 0.657. The lowest BCUT2D eigenvalue weighted by Crippen LogP contribution is -2.37. The Morgan fingerprint density at radius 3 is 2.75 bits per heavy atom. The second kappa shape index (κ2) is 5.43. The smallest absolute Gasteiger partial charge is 0.272 e. The number of aliphatic hydroxyl groups is 1. The van der Waals surface area contributed by atoms with Crippen molar-refractivity contribution >= 4 is 15.7 Å². The van der Waals surface area contributed by atoms with Crippen molar-refractivity contribution in [3.8, 4) is 0 Å². The molecule has 1 N–H and O–H groups in total. The number of rotatable bonds is 4. The first-order valence-electron chi connectivity index (χ1n) is 5.94. The van der Waals surface area contributed by atoms with E-state index in [2.05, 4.69) is 0 Å². The van der Waals surface area contributed by atoms with Crippen molar-refractivity contribution < 1.29 is 22.8 Å². The first kappa shape index (κ1) is 14.8. The van der Waals surface area contributed by atoms with Crippen molar-refractivity contribution in [3.63, 3.8) is 0 Å². The molecular formula is C11H13FN2O5S. The molecule has 0 aliphatic carbocycles. The number of aliphatic hydroxyl groups excluding tert-OH is 1.